The molecule has 0 bridgehead atoms. The summed E-state index contributed by atoms with van der Waals surface area (Å²) in [7, 11) is 0. The molecule has 5 rings (SSSR count). The minimum Gasteiger partial charge on any atom is -0.467 e. The molecular formula is C26H25N5O2S. The summed E-state index contributed by atoms with van der Waals surface area (Å²) < 4.78 is 7.48. The molecule has 0 spiro atoms. The van der Waals surface area contributed by atoms with Gasteiger partial charge in [-0.15, -0.1) is 5.10 Å². The third-order valence-corrected chi connectivity index (χ3v) is 6.64. The molecule has 0 radical (unpaired) electrons. The molecule has 0 saturated heterocycles. The maximum Gasteiger partial charge on any atom is 0.256 e. The molecule has 34 heavy (non-hydrogen) atoms. The number of amides is 1. The molecule has 1 aliphatic heterocycles. The Balaban J connectivity index is 1.46. The van der Waals surface area contributed by atoms with Crippen LogP contribution in [0.15, 0.2) is 87.8 Å². The first-order chi connectivity index (χ1) is 16.5. The second kappa shape index (κ2) is 9.23. The van der Waals surface area contributed by atoms with E-state index in [9.17, 15) is 4.79 Å². The first-order valence-electron chi connectivity index (χ1n) is 11.0. The summed E-state index contributed by atoms with van der Waals surface area (Å²) in [5.41, 5.74) is 5.36. The fourth-order valence-electron chi connectivity index (χ4n) is 4.06. The summed E-state index contributed by atoms with van der Waals surface area (Å²) in [6.45, 7) is 5.89. The Morgan fingerprint density at radius 2 is 1.94 bits per heavy atom. The number of carbonyl (C=O) groups is 1. The third-order valence-electron chi connectivity index (χ3n) is 5.73. The van der Waals surface area contributed by atoms with E-state index in [1.165, 1.54) is 5.56 Å². The zero-order valence-electron chi connectivity index (χ0n) is 19.2. The first kappa shape index (κ1) is 22.0. The number of hydrogen-bond acceptors (Lipinski definition) is 6. The van der Waals surface area contributed by atoms with E-state index in [4.69, 9.17) is 9.52 Å². The number of aromatic nitrogens is 3. The number of thioether (sulfide) groups is 1. The van der Waals surface area contributed by atoms with Crippen LogP contribution < -0.4 is 10.6 Å². The number of aryl methyl sites for hydroxylation is 2. The lowest BCUT2D eigenvalue weighted by atomic mass is 9.99. The maximum absolute atomic E-state index is 13.5. The van der Waals surface area contributed by atoms with Gasteiger partial charge in [-0.05, 0) is 50.1 Å². The lowest BCUT2D eigenvalue weighted by Gasteiger charge is -2.27. The maximum atomic E-state index is 13.5. The van der Waals surface area contributed by atoms with Gasteiger partial charge in [0.05, 0.1) is 11.8 Å². The number of allylic oxidation sites excluding steroid dienone is 1. The summed E-state index contributed by atoms with van der Waals surface area (Å²) in [5.74, 6) is 1.75. The zero-order valence-corrected chi connectivity index (χ0v) is 20.0. The Bertz CT molecular complexity index is 1360. The van der Waals surface area contributed by atoms with Gasteiger partial charge in [0.15, 0.2) is 0 Å². The van der Waals surface area contributed by atoms with Crippen LogP contribution >= 0.6 is 11.8 Å². The Hall–Kier alpha value is -3.78. The second-order valence-electron chi connectivity index (χ2n) is 8.29. The van der Waals surface area contributed by atoms with E-state index in [1.54, 1.807) is 22.7 Å². The zero-order chi connectivity index (χ0) is 23.7. The van der Waals surface area contributed by atoms with Crippen molar-refractivity contribution in [3.05, 3.63) is 101 Å². The van der Waals surface area contributed by atoms with Crippen molar-refractivity contribution >= 4 is 29.3 Å². The molecule has 2 aromatic carbocycles. The van der Waals surface area contributed by atoms with Gasteiger partial charge in [0.2, 0.25) is 11.1 Å². The fraction of sp³-hybridized carbons (Fsp3) is 0.192. The molecule has 0 aliphatic carbocycles. The van der Waals surface area contributed by atoms with Crippen molar-refractivity contribution in [1.82, 2.24) is 14.8 Å². The van der Waals surface area contributed by atoms with Crippen LogP contribution in [0.25, 0.3) is 0 Å². The van der Waals surface area contributed by atoms with Crippen LogP contribution in [0.5, 0.6) is 0 Å². The van der Waals surface area contributed by atoms with Gasteiger partial charge < -0.3 is 15.1 Å². The summed E-state index contributed by atoms with van der Waals surface area (Å²) >= 11 is 1.55. The Kier molecular flexibility index (Phi) is 5.98. The van der Waals surface area contributed by atoms with E-state index in [-0.39, 0.29) is 5.91 Å². The average Bonchev–Trinajstić information content (AvgIpc) is 3.49. The van der Waals surface area contributed by atoms with E-state index in [0.29, 0.717) is 28.1 Å². The van der Waals surface area contributed by atoms with Crippen LogP contribution in [0.2, 0.25) is 0 Å². The average molecular weight is 472 g/mol. The van der Waals surface area contributed by atoms with Gasteiger partial charge in [-0.25, -0.2) is 4.68 Å². The highest BCUT2D eigenvalue weighted by Gasteiger charge is 2.36. The Labute approximate surface area is 202 Å². The molecule has 2 N–H and O–H groups in total. The predicted molar refractivity (Wildman–Crippen MR) is 134 cm³/mol. The summed E-state index contributed by atoms with van der Waals surface area (Å²) in [6, 6.07) is 19.3. The monoisotopic (exact) mass is 471 g/mol. The number of fused-ring (bicyclic) bond motifs is 1. The number of furan rings is 1. The van der Waals surface area contributed by atoms with Gasteiger partial charge >= 0.3 is 0 Å². The number of anilines is 2. The van der Waals surface area contributed by atoms with E-state index >= 15 is 0 Å². The molecule has 172 valence electrons. The number of nitrogens with zero attached hydrogens (tertiary/aromatic N) is 3. The number of hydrogen-bond donors (Lipinski definition) is 2. The van der Waals surface area contributed by atoms with Crippen molar-refractivity contribution in [1.29, 1.82) is 0 Å². The topological polar surface area (TPSA) is 85.0 Å². The highest BCUT2D eigenvalue weighted by molar-refractivity contribution is 7.98. The molecule has 4 aromatic rings. The number of benzene rings is 2. The normalized spacial score (nSPS) is 15.1. The molecular weight excluding hydrogens is 446 g/mol. The van der Waals surface area contributed by atoms with Gasteiger partial charge in [-0.1, -0.05) is 59.8 Å². The van der Waals surface area contributed by atoms with E-state index in [1.807, 2.05) is 69.3 Å². The van der Waals surface area contributed by atoms with Crippen molar-refractivity contribution in [2.45, 2.75) is 37.7 Å². The molecule has 8 heteroatoms. The first-order valence-corrected chi connectivity index (χ1v) is 12.0. The molecule has 0 fully saturated rings. The highest BCUT2D eigenvalue weighted by Crippen LogP contribution is 2.37. The van der Waals surface area contributed by atoms with Crippen LogP contribution in [0.4, 0.5) is 11.6 Å². The number of rotatable bonds is 6. The summed E-state index contributed by atoms with van der Waals surface area (Å²) in [5, 5.41) is 11.7. The summed E-state index contributed by atoms with van der Waals surface area (Å²) in [4.78, 5) is 18.2. The van der Waals surface area contributed by atoms with Gasteiger partial charge in [0, 0.05) is 17.1 Å². The Morgan fingerprint density at radius 3 is 2.68 bits per heavy atom. The minimum atomic E-state index is -0.532. The standard InChI is InChI=1S/C26H25N5O2S/c1-16-11-12-20(17(2)14-16)28-24(32)22-18(3)27-25-29-26(34-15-19-8-5-4-6-9-19)30-31(25)23(22)21-10-7-13-33-21/h4-14,23H,15H2,1-3H3,(H,28,32)(H,27,29,30). The van der Waals surface area contributed by atoms with Crippen molar-refractivity contribution in [2.24, 2.45) is 0 Å². The number of carbonyl (C=O) groups excluding carboxylic acids is 1. The summed E-state index contributed by atoms with van der Waals surface area (Å²) in [6.07, 6.45) is 1.61. The van der Waals surface area contributed by atoms with Gasteiger partial charge in [0.25, 0.3) is 5.91 Å². The minimum absolute atomic E-state index is 0.210. The van der Waals surface area contributed by atoms with Crippen molar-refractivity contribution in [2.75, 3.05) is 10.6 Å². The predicted octanol–water partition coefficient (Wildman–Crippen LogP) is 5.71. The molecule has 2 aromatic heterocycles. The second-order valence-corrected chi connectivity index (χ2v) is 9.23. The molecule has 0 saturated carbocycles. The van der Waals surface area contributed by atoms with Gasteiger partial charge in [-0.2, -0.15) is 4.98 Å². The van der Waals surface area contributed by atoms with Crippen molar-refractivity contribution < 1.29 is 9.21 Å². The largest absolute Gasteiger partial charge is 0.467 e. The SMILES string of the molecule is CC1=C(C(=O)Nc2ccc(C)cc2C)C(c2ccco2)n2nc(SCc3ccccc3)nc2N1. The lowest BCUT2D eigenvalue weighted by Crippen LogP contribution is -2.31. The van der Waals surface area contributed by atoms with Crippen LogP contribution in [0.3, 0.4) is 0 Å². The molecule has 3 heterocycles. The van der Waals surface area contributed by atoms with Crippen LogP contribution in [-0.2, 0) is 10.5 Å². The molecule has 1 unspecified atom stereocenters. The van der Waals surface area contributed by atoms with Crippen LogP contribution in [0.1, 0.15) is 35.4 Å². The van der Waals surface area contributed by atoms with E-state index in [2.05, 4.69) is 27.8 Å². The molecule has 1 atom stereocenters. The molecule has 1 amide bonds. The molecule has 1 aliphatic rings. The van der Waals surface area contributed by atoms with E-state index in [0.717, 1.165) is 22.6 Å². The van der Waals surface area contributed by atoms with Crippen LogP contribution in [-0.4, -0.2) is 20.7 Å². The number of nitrogens with one attached hydrogen (secondary N) is 2. The van der Waals surface area contributed by atoms with E-state index < -0.39 is 6.04 Å². The van der Waals surface area contributed by atoms with Crippen LogP contribution in [0, 0.1) is 13.8 Å². The highest BCUT2D eigenvalue weighted by atomic mass is 32.2. The smallest absolute Gasteiger partial charge is 0.256 e. The van der Waals surface area contributed by atoms with Gasteiger partial charge in [-0.3, -0.25) is 4.79 Å². The third kappa shape index (κ3) is 4.36. The van der Waals surface area contributed by atoms with Gasteiger partial charge in [0.1, 0.15) is 11.8 Å². The fourth-order valence-corrected chi connectivity index (χ4v) is 4.85. The van der Waals surface area contributed by atoms with Crippen molar-refractivity contribution in [3.8, 4) is 0 Å². The Morgan fingerprint density at radius 1 is 1.12 bits per heavy atom. The van der Waals surface area contributed by atoms with Crippen molar-refractivity contribution in [3.63, 3.8) is 0 Å². The molecule has 7 nitrogen and oxygen atoms in total. The lowest BCUT2D eigenvalue weighted by molar-refractivity contribution is -0.113. The quantitative estimate of drug-likeness (QED) is 0.351.